The molecule has 6 heteroatoms. The summed E-state index contributed by atoms with van der Waals surface area (Å²) >= 11 is 0. The average Bonchev–Trinajstić information content (AvgIpc) is 3.11. The van der Waals surface area contributed by atoms with Gasteiger partial charge in [-0.05, 0) is 55.1 Å². The number of rotatable bonds is 4. The number of hydrogen-bond acceptors (Lipinski definition) is 4. The van der Waals surface area contributed by atoms with E-state index in [9.17, 15) is 4.79 Å². The third kappa shape index (κ3) is 2.60. The maximum atomic E-state index is 12.8. The van der Waals surface area contributed by atoms with Crippen LogP contribution in [0.1, 0.15) is 43.1 Å². The van der Waals surface area contributed by atoms with Crippen LogP contribution in [0.15, 0.2) is 24.3 Å². The highest BCUT2D eigenvalue weighted by atomic mass is 16.2. The molecule has 4 rings (SSSR count). The quantitative estimate of drug-likeness (QED) is 0.897. The third-order valence-electron chi connectivity index (χ3n) is 5.60. The van der Waals surface area contributed by atoms with E-state index in [0.29, 0.717) is 17.7 Å². The Hall–Kier alpha value is -2.24. The topological polar surface area (TPSA) is 83.6 Å². The van der Waals surface area contributed by atoms with Crippen LogP contribution < -0.4 is 5.32 Å². The number of H-pyrrole nitrogens is 1. The summed E-state index contributed by atoms with van der Waals surface area (Å²) in [6.45, 7) is 2.88. The van der Waals surface area contributed by atoms with Crippen LogP contribution in [0.5, 0.6) is 0 Å². The number of hydrogen-bond donors (Lipinski definition) is 2. The Bertz CT molecular complexity index is 721. The van der Waals surface area contributed by atoms with Gasteiger partial charge in [0.05, 0.1) is 0 Å². The third-order valence-corrected chi connectivity index (χ3v) is 5.60. The van der Waals surface area contributed by atoms with Crippen molar-refractivity contribution in [2.45, 2.75) is 44.4 Å². The summed E-state index contributed by atoms with van der Waals surface area (Å²) in [7, 11) is 0. The number of aromatic nitrogens is 4. The fourth-order valence-electron chi connectivity index (χ4n) is 4.32. The van der Waals surface area contributed by atoms with Gasteiger partial charge in [0.25, 0.3) is 0 Å². The summed E-state index contributed by atoms with van der Waals surface area (Å²) in [5.74, 6) is 1.62. The first-order valence-corrected chi connectivity index (χ1v) is 8.76. The zero-order valence-corrected chi connectivity index (χ0v) is 14.0. The zero-order valence-electron chi connectivity index (χ0n) is 14.0. The van der Waals surface area contributed by atoms with Crippen LogP contribution in [-0.4, -0.2) is 33.1 Å². The van der Waals surface area contributed by atoms with Gasteiger partial charge in [-0.15, -0.1) is 10.2 Å². The Kier molecular flexibility index (Phi) is 3.82. The van der Waals surface area contributed by atoms with Crippen molar-refractivity contribution >= 4 is 5.91 Å². The molecular weight excluding hydrogens is 302 g/mol. The number of aryl methyl sites for hydroxylation is 1. The minimum absolute atomic E-state index is 0.0564. The van der Waals surface area contributed by atoms with Gasteiger partial charge in [0.1, 0.15) is 5.41 Å². The standard InChI is InChI=1S/C18H23N5O/c1-12-9-18(10-12,16-20-22-23-21-16)17(24)19-11-13-6-7-14-4-2-3-5-15(14)8-13/h2-5,12-13H,6-11H2,1H3,(H,19,24)(H,20,21,22,23). The second-order valence-electron chi connectivity index (χ2n) is 7.42. The molecule has 0 bridgehead atoms. The van der Waals surface area contributed by atoms with Crippen molar-refractivity contribution in [1.82, 2.24) is 25.9 Å². The molecule has 24 heavy (non-hydrogen) atoms. The maximum Gasteiger partial charge on any atom is 0.234 e. The van der Waals surface area contributed by atoms with Crippen LogP contribution >= 0.6 is 0 Å². The summed E-state index contributed by atoms with van der Waals surface area (Å²) < 4.78 is 0. The van der Waals surface area contributed by atoms with Gasteiger partial charge in [0.15, 0.2) is 5.82 Å². The Labute approximate surface area is 141 Å². The van der Waals surface area contributed by atoms with Crippen molar-refractivity contribution in [2.75, 3.05) is 6.54 Å². The molecule has 6 nitrogen and oxygen atoms in total. The highest BCUT2D eigenvalue weighted by molar-refractivity contribution is 5.88. The molecule has 0 saturated heterocycles. The van der Waals surface area contributed by atoms with E-state index in [0.717, 1.165) is 38.6 Å². The number of aromatic amines is 1. The number of nitrogens with zero attached hydrogens (tertiary/aromatic N) is 3. The molecule has 2 aromatic rings. The average molecular weight is 325 g/mol. The number of fused-ring (bicyclic) bond motifs is 1. The molecule has 1 atom stereocenters. The fourth-order valence-corrected chi connectivity index (χ4v) is 4.32. The molecule has 1 amide bonds. The zero-order chi connectivity index (χ0) is 16.6. The van der Waals surface area contributed by atoms with Crippen molar-refractivity contribution in [2.24, 2.45) is 11.8 Å². The van der Waals surface area contributed by atoms with Crippen molar-refractivity contribution in [3.05, 3.63) is 41.2 Å². The number of carbonyl (C=O) groups is 1. The summed E-state index contributed by atoms with van der Waals surface area (Å²) in [6, 6.07) is 8.62. The smallest absolute Gasteiger partial charge is 0.234 e. The predicted molar refractivity (Wildman–Crippen MR) is 89.2 cm³/mol. The second kappa shape index (κ2) is 6.00. The van der Waals surface area contributed by atoms with E-state index < -0.39 is 5.41 Å². The molecule has 2 aliphatic carbocycles. The van der Waals surface area contributed by atoms with Crippen molar-refractivity contribution in [3.8, 4) is 0 Å². The Morgan fingerprint density at radius 1 is 1.33 bits per heavy atom. The lowest BCUT2D eigenvalue weighted by molar-refractivity contribution is -0.132. The highest BCUT2D eigenvalue weighted by Gasteiger charge is 2.52. The van der Waals surface area contributed by atoms with E-state index in [-0.39, 0.29) is 5.91 Å². The Morgan fingerprint density at radius 3 is 2.83 bits per heavy atom. The molecule has 1 aromatic heterocycles. The molecule has 0 aliphatic heterocycles. The van der Waals surface area contributed by atoms with Crippen LogP contribution in [-0.2, 0) is 23.1 Å². The van der Waals surface area contributed by atoms with E-state index in [1.165, 1.54) is 11.1 Å². The van der Waals surface area contributed by atoms with E-state index in [1.807, 2.05) is 0 Å². The molecule has 1 aromatic carbocycles. The monoisotopic (exact) mass is 325 g/mol. The minimum atomic E-state index is -0.584. The Morgan fingerprint density at radius 2 is 2.12 bits per heavy atom. The lowest BCUT2D eigenvalue weighted by atomic mass is 9.61. The van der Waals surface area contributed by atoms with Crippen molar-refractivity contribution in [3.63, 3.8) is 0 Å². The second-order valence-corrected chi connectivity index (χ2v) is 7.42. The predicted octanol–water partition coefficient (Wildman–Crippen LogP) is 1.79. The number of carbonyl (C=O) groups excluding carboxylic acids is 1. The fraction of sp³-hybridized carbons (Fsp3) is 0.556. The molecule has 0 spiro atoms. The maximum absolute atomic E-state index is 12.8. The first kappa shape index (κ1) is 15.3. The van der Waals surface area contributed by atoms with E-state index in [2.05, 4.69) is 57.1 Å². The van der Waals surface area contributed by atoms with Gasteiger partial charge < -0.3 is 5.32 Å². The van der Waals surface area contributed by atoms with Crippen LogP contribution in [0.4, 0.5) is 0 Å². The molecule has 2 aliphatic rings. The Balaban J connectivity index is 1.40. The van der Waals surface area contributed by atoms with Gasteiger partial charge in [-0.25, -0.2) is 0 Å². The molecule has 0 radical (unpaired) electrons. The summed E-state index contributed by atoms with van der Waals surface area (Å²) in [5.41, 5.74) is 2.29. The summed E-state index contributed by atoms with van der Waals surface area (Å²) in [6.07, 6.45) is 4.87. The first-order chi connectivity index (χ1) is 11.7. The number of amides is 1. The van der Waals surface area contributed by atoms with E-state index >= 15 is 0 Å². The largest absolute Gasteiger partial charge is 0.355 e. The normalized spacial score (nSPS) is 28.7. The minimum Gasteiger partial charge on any atom is -0.355 e. The first-order valence-electron chi connectivity index (χ1n) is 8.76. The molecule has 1 heterocycles. The van der Waals surface area contributed by atoms with E-state index in [4.69, 9.17) is 0 Å². The number of nitrogens with one attached hydrogen (secondary N) is 2. The summed E-state index contributed by atoms with van der Waals surface area (Å²) in [4.78, 5) is 12.8. The molecule has 2 N–H and O–H groups in total. The lowest BCUT2D eigenvalue weighted by Gasteiger charge is -2.42. The molecule has 126 valence electrons. The molecular formula is C18H23N5O. The van der Waals surface area contributed by atoms with E-state index in [1.54, 1.807) is 0 Å². The van der Waals surface area contributed by atoms with Crippen LogP contribution in [0.2, 0.25) is 0 Å². The van der Waals surface area contributed by atoms with Gasteiger partial charge in [-0.3, -0.25) is 4.79 Å². The highest BCUT2D eigenvalue weighted by Crippen LogP contribution is 2.46. The summed E-state index contributed by atoms with van der Waals surface area (Å²) in [5, 5.41) is 17.5. The number of benzene rings is 1. The molecule has 1 fully saturated rings. The van der Waals surface area contributed by atoms with Crippen molar-refractivity contribution < 1.29 is 4.79 Å². The van der Waals surface area contributed by atoms with Crippen LogP contribution in [0.25, 0.3) is 0 Å². The van der Waals surface area contributed by atoms with Crippen LogP contribution in [0.3, 0.4) is 0 Å². The van der Waals surface area contributed by atoms with Gasteiger partial charge in [-0.2, -0.15) is 5.21 Å². The van der Waals surface area contributed by atoms with Gasteiger partial charge >= 0.3 is 0 Å². The van der Waals surface area contributed by atoms with Gasteiger partial charge in [0, 0.05) is 6.54 Å². The SMILES string of the molecule is CC1CC(C(=O)NCC2CCc3ccccc3C2)(c2nn[nH]n2)C1. The lowest BCUT2D eigenvalue weighted by Crippen LogP contribution is -2.54. The van der Waals surface area contributed by atoms with Crippen LogP contribution in [0, 0.1) is 11.8 Å². The van der Waals surface area contributed by atoms with Gasteiger partial charge in [0.2, 0.25) is 5.91 Å². The number of tetrazole rings is 1. The molecule has 1 saturated carbocycles. The molecule has 1 unspecified atom stereocenters. The van der Waals surface area contributed by atoms with Gasteiger partial charge in [-0.1, -0.05) is 36.4 Å². The van der Waals surface area contributed by atoms with Crippen molar-refractivity contribution in [1.29, 1.82) is 0 Å².